The minimum atomic E-state index is 0.0314. The number of nitrogens with two attached hydrogens (primary N) is 1. The number of likely N-dealkylation sites (N-methyl/N-ethyl adjacent to an activating group) is 2. The van der Waals surface area contributed by atoms with E-state index in [1.807, 2.05) is 37.1 Å². The molecule has 1 aromatic carbocycles. The zero-order valence-electron chi connectivity index (χ0n) is 11.0. The van der Waals surface area contributed by atoms with Crippen molar-refractivity contribution in [3.05, 3.63) is 24.3 Å². The number of ether oxygens (including phenoxy) is 1. The van der Waals surface area contributed by atoms with Gasteiger partial charge >= 0.3 is 0 Å². The molecule has 5 nitrogen and oxygen atoms in total. The number of anilines is 1. The monoisotopic (exact) mass is 251 g/mol. The van der Waals surface area contributed by atoms with Crippen molar-refractivity contribution >= 4 is 11.6 Å². The molecule has 0 fully saturated rings. The van der Waals surface area contributed by atoms with Crippen LogP contribution in [0.1, 0.15) is 6.92 Å². The molecule has 0 atom stereocenters. The highest BCUT2D eigenvalue weighted by molar-refractivity contribution is 5.77. The molecule has 1 amide bonds. The van der Waals surface area contributed by atoms with Gasteiger partial charge in [0.2, 0.25) is 5.91 Å². The van der Waals surface area contributed by atoms with Crippen molar-refractivity contribution < 1.29 is 9.53 Å². The van der Waals surface area contributed by atoms with E-state index in [1.165, 1.54) is 0 Å². The molecule has 1 rings (SSSR count). The number of carbonyl (C=O) groups is 1. The average Bonchev–Trinajstić information content (AvgIpc) is 2.29. The Bertz CT molecular complexity index is 382. The van der Waals surface area contributed by atoms with E-state index in [1.54, 1.807) is 6.07 Å². The van der Waals surface area contributed by atoms with Crippen molar-refractivity contribution in [3.8, 4) is 5.75 Å². The van der Waals surface area contributed by atoms with Crippen LogP contribution < -0.4 is 15.8 Å². The molecule has 0 radical (unpaired) electrons. The van der Waals surface area contributed by atoms with Gasteiger partial charge in [0, 0.05) is 24.8 Å². The number of nitrogens with one attached hydrogen (secondary N) is 1. The number of benzene rings is 1. The first kappa shape index (κ1) is 14.3. The van der Waals surface area contributed by atoms with Crippen molar-refractivity contribution in [1.29, 1.82) is 0 Å². The van der Waals surface area contributed by atoms with E-state index < -0.39 is 0 Å². The maximum absolute atomic E-state index is 11.3. The normalized spacial score (nSPS) is 10.4. The van der Waals surface area contributed by atoms with Crippen LogP contribution in [0.25, 0.3) is 0 Å². The first-order valence-electron chi connectivity index (χ1n) is 6.05. The van der Waals surface area contributed by atoms with E-state index in [4.69, 9.17) is 10.5 Å². The van der Waals surface area contributed by atoms with Gasteiger partial charge in [0.1, 0.15) is 12.4 Å². The zero-order chi connectivity index (χ0) is 13.4. The molecule has 0 bridgehead atoms. The third-order valence-electron chi connectivity index (χ3n) is 2.39. The maximum atomic E-state index is 11.3. The summed E-state index contributed by atoms with van der Waals surface area (Å²) < 4.78 is 5.55. The van der Waals surface area contributed by atoms with Crippen LogP contribution in [0.2, 0.25) is 0 Å². The lowest BCUT2D eigenvalue weighted by Gasteiger charge is -2.16. The lowest BCUT2D eigenvalue weighted by molar-refractivity contribution is -0.121. The number of carbonyl (C=O) groups excluding carboxylic acids is 1. The van der Waals surface area contributed by atoms with Crippen molar-refractivity contribution in [1.82, 2.24) is 10.2 Å². The molecule has 0 unspecified atom stereocenters. The van der Waals surface area contributed by atoms with Crippen LogP contribution in [-0.2, 0) is 4.79 Å². The summed E-state index contributed by atoms with van der Waals surface area (Å²) in [6.45, 7) is 4.16. The van der Waals surface area contributed by atoms with Gasteiger partial charge in [0.15, 0.2) is 0 Å². The fourth-order valence-corrected chi connectivity index (χ4v) is 1.50. The van der Waals surface area contributed by atoms with Gasteiger partial charge in [-0.1, -0.05) is 6.07 Å². The van der Waals surface area contributed by atoms with Gasteiger partial charge in [0.25, 0.3) is 0 Å². The van der Waals surface area contributed by atoms with Gasteiger partial charge < -0.3 is 15.8 Å². The smallest absolute Gasteiger partial charge is 0.234 e. The number of nitrogens with zero attached hydrogens (tertiary/aromatic N) is 1. The van der Waals surface area contributed by atoms with Crippen molar-refractivity contribution in [2.45, 2.75) is 6.92 Å². The highest BCUT2D eigenvalue weighted by atomic mass is 16.5. The molecular formula is C13H21N3O2. The number of amides is 1. The molecule has 0 saturated carbocycles. The molecule has 0 saturated heterocycles. The van der Waals surface area contributed by atoms with Crippen LogP contribution in [-0.4, -0.2) is 44.1 Å². The SMILES string of the molecule is CCNC(=O)CN(C)CCOc1cccc(N)c1. The third-order valence-corrected chi connectivity index (χ3v) is 2.39. The van der Waals surface area contributed by atoms with Crippen LogP contribution in [0.15, 0.2) is 24.3 Å². The van der Waals surface area contributed by atoms with Crippen LogP contribution in [0.4, 0.5) is 5.69 Å². The molecule has 0 aliphatic heterocycles. The Morgan fingerprint density at radius 2 is 2.28 bits per heavy atom. The van der Waals surface area contributed by atoms with E-state index in [2.05, 4.69) is 5.32 Å². The molecule has 1 aromatic rings. The minimum Gasteiger partial charge on any atom is -0.492 e. The van der Waals surface area contributed by atoms with Crippen LogP contribution in [0.3, 0.4) is 0 Å². The summed E-state index contributed by atoms with van der Waals surface area (Å²) in [6.07, 6.45) is 0. The summed E-state index contributed by atoms with van der Waals surface area (Å²) in [4.78, 5) is 13.2. The van der Waals surface area contributed by atoms with Gasteiger partial charge in [-0.25, -0.2) is 0 Å². The Kier molecular flexibility index (Phi) is 6.00. The highest BCUT2D eigenvalue weighted by Crippen LogP contribution is 2.13. The van der Waals surface area contributed by atoms with Gasteiger partial charge in [0.05, 0.1) is 6.54 Å². The van der Waals surface area contributed by atoms with E-state index in [-0.39, 0.29) is 5.91 Å². The van der Waals surface area contributed by atoms with Crippen LogP contribution >= 0.6 is 0 Å². The largest absolute Gasteiger partial charge is 0.492 e. The first-order valence-corrected chi connectivity index (χ1v) is 6.05. The highest BCUT2D eigenvalue weighted by Gasteiger charge is 2.05. The van der Waals surface area contributed by atoms with E-state index in [0.717, 1.165) is 5.75 Å². The predicted octanol–water partition coefficient (Wildman–Crippen LogP) is 0.716. The molecule has 5 heteroatoms. The molecule has 3 N–H and O–H groups in total. The van der Waals surface area contributed by atoms with E-state index in [0.29, 0.717) is 31.9 Å². The second-order valence-corrected chi connectivity index (χ2v) is 4.11. The summed E-state index contributed by atoms with van der Waals surface area (Å²) in [7, 11) is 1.89. The lowest BCUT2D eigenvalue weighted by atomic mass is 10.3. The fraction of sp³-hybridized carbons (Fsp3) is 0.462. The molecule has 0 heterocycles. The lowest BCUT2D eigenvalue weighted by Crippen LogP contribution is -2.36. The second kappa shape index (κ2) is 7.55. The molecule has 0 aromatic heterocycles. The van der Waals surface area contributed by atoms with Crippen molar-refractivity contribution in [2.75, 3.05) is 39.0 Å². The van der Waals surface area contributed by atoms with E-state index >= 15 is 0 Å². The number of nitrogen functional groups attached to an aromatic ring is 1. The molecule has 0 aliphatic rings. The maximum Gasteiger partial charge on any atom is 0.234 e. The van der Waals surface area contributed by atoms with Crippen LogP contribution in [0.5, 0.6) is 5.75 Å². The van der Waals surface area contributed by atoms with Gasteiger partial charge in [-0.3, -0.25) is 9.69 Å². The summed E-state index contributed by atoms with van der Waals surface area (Å²) in [6, 6.07) is 7.31. The second-order valence-electron chi connectivity index (χ2n) is 4.11. The van der Waals surface area contributed by atoms with Crippen LogP contribution in [0, 0.1) is 0 Å². The Morgan fingerprint density at radius 3 is 2.94 bits per heavy atom. The summed E-state index contributed by atoms with van der Waals surface area (Å²) in [5.74, 6) is 0.783. The topological polar surface area (TPSA) is 67.6 Å². The fourth-order valence-electron chi connectivity index (χ4n) is 1.50. The molecule has 100 valence electrons. The van der Waals surface area contributed by atoms with Gasteiger partial charge in [-0.15, -0.1) is 0 Å². The quantitative estimate of drug-likeness (QED) is 0.701. The average molecular weight is 251 g/mol. The molecule has 18 heavy (non-hydrogen) atoms. The minimum absolute atomic E-state index is 0.0314. The molecule has 0 aliphatic carbocycles. The number of rotatable bonds is 7. The standard InChI is InChI=1S/C13H21N3O2/c1-3-15-13(17)10-16(2)7-8-18-12-6-4-5-11(14)9-12/h4-6,9H,3,7-8,10,14H2,1-2H3,(H,15,17). The molecular weight excluding hydrogens is 230 g/mol. The molecule has 0 spiro atoms. The zero-order valence-corrected chi connectivity index (χ0v) is 11.0. The Labute approximate surface area is 108 Å². The summed E-state index contributed by atoms with van der Waals surface area (Å²) >= 11 is 0. The predicted molar refractivity (Wildman–Crippen MR) is 72.5 cm³/mol. The Hall–Kier alpha value is -1.75. The Morgan fingerprint density at radius 1 is 1.50 bits per heavy atom. The first-order chi connectivity index (χ1) is 8.61. The van der Waals surface area contributed by atoms with E-state index in [9.17, 15) is 4.79 Å². The van der Waals surface area contributed by atoms with Crippen molar-refractivity contribution in [2.24, 2.45) is 0 Å². The Balaban J connectivity index is 2.23. The van der Waals surface area contributed by atoms with Gasteiger partial charge in [-0.2, -0.15) is 0 Å². The summed E-state index contributed by atoms with van der Waals surface area (Å²) in [5, 5.41) is 2.75. The summed E-state index contributed by atoms with van der Waals surface area (Å²) in [5.41, 5.74) is 6.33. The van der Waals surface area contributed by atoms with Crippen molar-refractivity contribution in [3.63, 3.8) is 0 Å². The van der Waals surface area contributed by atoms with Gasteiger partial charge in [-0.05, 0) is 26.1 Å². The number of hydrogen-bond acceptors (Lipinski definition) is 4. The number of hydrogen-bond donors (Lipinski definition) is 2. The third kappa shape index (κ3) is 5.54.